The smallest absolute Gasteiger partial charge is 0.330 e. The van der Waals surface area contributed by atoms with E-state index in [0.29, 0.717) is 6.61 Å². The van der Waals surface area contributed by atoms with E-state index in [-0.39, 0.29) is 6.54 Å². The van der Waals surface area contributed by atoms with Crippen molar-refractivity contribution in [2.45, 2.75) is 6.61 Å². The zero-order chi connectivity index (χ0) is 9.97. The van der Waals surface area contributed by atoms with E-state index in [1.807, 2.05) is 18.2 Å². The van der Waals surface area contributed by atoms with Gasteiger partial charge in [0.2, 0.25) is 0 Å². The second kappa shape index (κ2) is 3.71. The van der Waals surface area contributed by atoms with Gasteiger partial charge in [0.15, 0.2) is 0 Å². The summed E-state index contributed by atoms with van der Waals surface area (Å²) < 4.78 is 5.13. The Hall–Kier alpha value is -1.49. The summed E-state index contributed by atoms with van der Waals surface area (Å²) in [5.41, 5.74) is 2.94. The van der Waals surface area contributed by atoms with Crippen molar-refractivity contribution in [3.8, 4) is 0 Å². The van der Waals surface area contributed by atoms with Crippen LogP contribution in [0.5, 0.6) is 0 Å². The minimum Gasteiger partial charge on any atom is -0.480 e. The minimum atomic E-state index is -0.870. The average Bonchev–Trinajstić information content (AvgIpc) is 2.61. The molecule has 0 aliphatic carbocycles. The van der Waals surface area contributed by atoms with Gasteiger partial charge in [0.05, 0.1) is 6.61 Å². The Morgan fingerprint density at radius 3 is 3.29 bits per heavy atom. The summed E-state index contributed by atoms with van der Waals surface area (Å²) in [7, 11) is 1.68. The number of aliphatic carboxylic acids is 1. The van der Waals surface area contributed by atoms with Crippen LogP contribution < -0.4 is 10.8 Å². The average molecular weight is 190 g/mol. The molecular weight excluding hydrogens is 181 g/mol. The molecule has 1 aromatic carbocycles. The van der Waals surface area contributed by atoms with Gasteiger partial charge in [-0.3, -0.25) is 4.79 Å². The molecule has 1 aliphatic rings. The number of fused-ring (bicyclic) bond motifs is 1. The summed E-state index contributed by atoms with van der Waals surface area (Å²) in [6.45, 7) is 0.536. The zero-order valence-electron chi connectivity index (χ0n) is 7.49. The molecule has 0 saturated carbocycles. The molecule has 1 heterocycles. The molecule has 1 aromatic rings. The van der Waals surface area contributed by atoms with Crippen LogP contribution in [0.1, 0.15) is 5.56 Å². The summed E-state index contributed by atoms with van der Waals surface area (Å²) in [6, 6.07) is 5.67. The highest BCUT2D eigenvalue weighted by molar-refractivity contribution is 6.49. The SMILES string of the molecule is O=C(O)CNc1ccc2c(c1)[B]OC2. The lowest BCUT2D eigenvalue weighted by molar-refractivity contribution is -0.134. The number of hydrogen-bond acceptors (Lipinski definition) is 3. The second-order valence-electron chi connectivity index (χ2n) is 3.09. The fraction of sp³-hybridized carbons (Fsp3) is 0.222. The van der Waals surface area contributed by atoms with Gasteiger partial charge >= 0.3 is 13.5 Å². The van der Waals surface area contributed by atoms with Crippen LogP contribution in [0, 0.1) is 0 Å². The summed E-state index contributed by atoms with van der Waals surface area (Å²) >= 11 is 0. The largest absolute Gasteiger partial charge is 0.480 e. The number of hydrogen-bond donors (Lipinski definition) is 2. The van der Waals surface area contributed by atoms with Crippen molar-refractivity contribution in [1.82, 2.24) is 0 Å². The first-order valence-electron chi connectivity index (χ1n) is 4.29. The highest BCUT2D eigenvalue weighted by atomic mass is 16.4. The molecule has 0 fully saturated rings. The molecule has 0 amide bonds. The Labute approximate surface area is 82.2 Å². The lowest BCUT2D eigenvalue weighted by atomic mass is 9.87. The third-order valence-corrected chi connectivity index (χ3v) is 2.04. The maximum Gasteiger partial charge on any atom is 0.330 e. The molecule has 0 atom stereocenters. The van der Waals surface area contributed by atoms with Gasteiger partial charge in [-0.1, -0.05) is 6.07 Å². The standard InChI is InChI=1S/C9H9BNO3/c12-9(13)4-11-7-2-1-6-5-14-10-8(6)3-7/h1-3,11H,4-5H2,(H,12,13). The van der Waals surface area contributed by atoms with E-state index in [9.17, 15) is 4.79 Å². The molecule has 0 unspecified atom stereocenters. The van der Waals surface area contributed by atoms with E-state index < -0.39 is 5.97 Å². The van der Waals surface area contributed by atoms with E-state index in [4.69, 9.17) is 9.76 Å². The topological polar surface area (TPSA) is 58.6 Å². The zero-order valence-corrected chi connectivity index (χ0v) is 7.49. The van der Waals surface area contributed by atoms with Gasteiger partial charge in [0, 0.05) is 5.69 Å². The number of carbonyl (C=O) groups is 1. The lowest BCUT2D eigenvalue weighted by Crippen LogP contribution is -2.16. The van der Waals surface area contributed by atoms with Gasteiger partial charge in [-0.25, -0.2) is 0 Å². The third kappa shape index (κ3) is 1.88. The lowest BCUT2D eigenvalue weighted by Gasteiger charge is -2.04. The second-order valence-corrected chi connectivity index (χ2v) is 3.09. The Balaban J connectivity index is 2.09. The van der Waals surface area contributed by atoms with Crippen molar-refractivity contribution in [3.05, 3.63) is 23.8 Å². The normalized spacial score (nSPS) is 13.1. The van der Waals surface area contributed by atoms with E-state index in [2.05, 4.69) is 5.32 Å². The van der Waals surface area contributed by atoms with E-state index in [0.717, 1.165) is 16.7 Å². The quantitative estimate of drug-likeness (QED) is 0.656. The van der Waals surface area contributed by atoms with Gasteiger partial charge in [0.25, 0.3) is 0 Å². The van der Waals surface area contributed by atoms with E-state index in [1.165, 1.54) is 0 Å². The third-order valence-electron chi connectivity index (χ3n) is 2.04. The van der Waals surface area contributed by atoms with E-state index >= 15 is 0 Å². The van der Waals surface area contributed by atoms with Crippen LogP contribution in [0.3, 0.4) is 0 Å². The van der Waals surface area contributed by atoms with Gasteiger partial charge in [-0.05, 0) is 23.2 Å². The Bertz CT molecular complexity index is 367. The van der Waals surface area contributed by atoms with Crippen molar-refractivity contribution in [2.24, 2.45) is 0 Å². The molecule has 2 rings (SSSR count). The minimum absolute atomic E-state index is 0.0698. The number of nitrogens with one attached hydrogen (secondary N) is 1. The molecule has 5 heteroatoms. The first-order chi connectivity index (χ1) is 6.75. The molecule has 4 nitrogen and oxygen atoms in total. The van der Waals surface area contributed by atoms with Crippen LogP contribution in [-0.2, 0) is 16.1 Å². The van der Waals surface area contributed by atoms with Crippen molar-refractivity contribution >= 4 is 24.6 Å². The highest BCUT2D eigenvalue weighted by Crippen LogP contribution is 2.11. The van der Waals surface area contributed by atoms with Crippen molar-refractivity contribution < 1.29 is 14.6 Å². The number of carboxylic acids is 1. The molecule has 2 N–H and O–H groups in total. The summed E-state index contributed by atoms with van der Waals surface area (Å²) in [5, 5.41) is 11.3. The van der Waals surface area contributed by atoms with Gasteiger partial charge in [0.1, 0.15) is 6.54 Å². The summed E-state index contributed by atoms with van der Waals surface area (Å²) in [5.74, 6) is -0.870. The van der Waals surface area contributed by atoms with Gasteiger partial charge in [-0.15, -0.1) is 0 Å². The number of benzene rings is 1. The summed E-state index contributed by atoms with van der Waals surface area (Å²) in [4.78, 5) is 10.3. The van der Waals surface area contributed by atoms with Crippen LogP contribution in [-0.4, -0.2) is 25.1 Å². The highest BCUT2D eigenvalue weighted by Gasteiger charge is 2.13. The number of anilines is 1. The fourth-order valence-electron chi connectivity index (χ4n) is 1.34. The predicted octanol–water partition coefficient (Wildman–Crippen LogP) is -0.0422. The first kappa shape index (κ1) is 9.08. The fourth-order valence-corrected chi connectivity index (χ4v) is 1.34. The van der Waals surface area contributed by atoms with Crippen LogP contribution in [0.25, 0.3) is 0 Å². The maximum atomic E-state index is 10.3. The van der Waals surface area contributed by atoms with Crippen molar-refractivity contribution in [3.63, 3.8) is 0 Å². The Morgan fingerprint density at radius 2 is 2.50 bits per heavy atom. The van der Waals surface area contributed by atoms with Crippen LogP contribution >= 0.6 is 0 Å². The van der Waals surface area contributed by atoms with Crippen LogP contribution in [0.4, 0.5) is 5.69 Å². The molecule has 1 aliphatic heterocycles. The molecule has 71 valence electrons. The van der Waals surface area contributed by atoms with Gasteiger partial charge in [-0.2, -0.15) is 0 Å². The van der Waals surface area contributed by atoms with Crippen LogP contribution in [0.2, 0.25) is 0 Å². The van der Waals surface area contributed by atoms with Gasteiger partial charge < -0.3 is 15.1 Å². The molecule has 14 heavy (non-hydrogen) atoms. The van der Waals surface area contributed by atoms with Crippen molar-refractivity contribution in [2.75, 3.05) is 11.9 Å². The number of rotatable bonds is 3. The Kier molecular flexibility index (Phi) is 2.41. The van der Waals surface area contributed by atoms with Crippen LogP contribution in [0.15, 0.2) is 18.2 Å². The maximum absolute atomic E-state index is 10.3. The molecule has 0 bridgehead atoms. The monoisotopic (exact) mass is 190 g/mol. The molecular formula is C9H9BNO3. The first-order valence-corrected chi connectivity index (χ1v) is 4.29. The van der Waals surface area contributed by atoms with Crippen molar-refractivity contribution in [1.29, 1.82) is 0 Å². The number of carboxylic acid groups (broad SMARTS) is 1. The molecule has 0 aromatic heterocycles. The molecule has 0 spiro atoms. The Morgan fingerprint density at radius 1 is 1.64 bits per heavy atom. The molecule has 0 saturated heterocycles. The van der Waals surface area contributed by atoms with E-state index in [1.54, 1.807) is 7.48 Å². The summed E-state index contributed by atoms with van der Waals surface area (Å²) in [6.07, 6.45) is 0. The molecule has 1 radical (unpaired) electrons. The predicted molar refractivity (Wildman–Crippen MR) is 52.7 cm³/mol.